The van der Waals surface area contributed by atoms with E-state index in [2.05, 4.69) is 10.3 Å². The molecule has 3 aromatic carbocycles. The number of amides is 2. The van der Waals surface area contributed by atoms with Gasteiger partial charge in [-0.25, -0.2) is 8.42 Å². The third-order valence-corrected chi connectivity index (χ3v) is 9.55. The summed E-state index contributed by atoms with van der Waals surface area (Å²) in [5.41, 5.74) is 3.34. The molecule has 9 heteroatoms. The molecule has 8 nitrogen and oxygen atoms in total. The number of benzene rings is 3. The van der Waals surface area contributed by atoms with E-state index in [9.17, 15) is 18.0 Å². The summed E-state index contributed by atoms with van der Waals surface area (Å²) in [5.74, 6) is -0.459. The second-order valence-electron chi connectivity index (χ2n) is 10.7. The second-order valence-corrected chi connectivity index (χ2v) is 12.6. The molecule has 0 radical (unpaired) electrons. The Morgan fingerprint density at radius 3 is 2.12 bits per heavy atom. The lowest BCUT2D eigenvalue weighted by Gasteiger charge is -2.32. The molecule has 222 valence electrons. The molecule has 0 aliphatic carbocycles. The molecule has 0 saturated carbocycles. The van der Waals surface area contributed by atoms with E-state index < -0.39 is 16.1 Å². The Hall–Kier alpha value is -4.34. The van der Waals surface area contributed by atoms with Gasteiger partial charge in [0.25, 0.3) is 0 Å². The highest BCUT2D eigenvalue weighted by atomic mass is 32.2. The lowest BCUT2D eigenvalue weighted by atomic mass is 10.0. The van der Waals surface area contributed by atoms with E-state index in [1.165, 1.54) is 4.31 Å². The Bertz CT molecular complexity index is 1590. The molecule has 2 amide bonds. The average Bonchev–Trinajstić information content (AvgIpc) is 3.61. The van der Waals surface area contributed by atoms with Crippen molar-refractivity contribution in [3.8, 4) is 0 Å². The highest BCUT2D eigenvalue weighted by molar-refractivity contribution is 7.89. The number of aryl methyl sites for hydroxylation is 1. The number of rotatable bonds is 12. The normalized spacial score (nSPS) is 14.2. The molecule has 1 atom stereocenters. The van der Waals surface area contributed by atoms with Gasteiger partial charge < -0.3 is 10.2 Å². The lowest BCUT2D eigenvalue weighted by molar-refractivity contribution is -0.141. The summed E-state index contributed by atoms with van der Waals surface area (Å²) in [6, 6.07) is 28.6. The fraction of sp³-hybridized carbons (Fsp3) is 0.265. The van der Waals surface area contributed by atoms with Crippen LogP contribution >= 0.6 is 0 Å². The number of hydrogen-bond acceptors (Lipinski definition) is 5. The molecule has 1 saturated heterocycles. The molecule has 0 spiro atoms. The van der Waals surface area contributed by atoms with E-state index in [0.717, 1.165) is 29.5 Å². The van der Waals surface area contributed by atoms with Gasteiger partial charge in [0.15, 0.2) is 0 Å². The summed E-state index contributed by atoms with van der Waals surface area (Å²) in [4.78, 5) is 33.8. The zero-order valence-corrected chi connectivity index (χ0v) is 24.8. The molecule has 4 aromatic rings. The first-order valence-electron chi connectivity index (χ1n) is 14.6. The SMILES string of the molecule is O=C(NCc1cccnc1)[C@H](c1ccccc1)N(Cc1ccccc1)C(=O)CCc1ccc(S(=O)(=O)N2CCCC2)cc1. The predicted octanol–water partition coefficient (Wildman–Crippen LogP) is 4.89. The molecule has 1 aromatic heterocycles. The van der Waals surface area contributed by atoms with Crippen LogP contribution in [0.15, 0.2) is 114 Å². The van der Waals surface area contributed by atoms with Crippen molar-refractivity contribution in [2.45, 2.75) is 49.7 Å². The monoisotopic (exact) mass is 596 g/mol. The summed E-state index contributed by atoms with van der Waals surface area (Å²) in [5, 5.41) is 3.00. The van der Waals surface area contributed by atoms with E-state index in [4.69, 9.17) is 0 Å². The minimum Gasteiger partial charge on any atom is -0.350 e. The van der Waals surface area contributed by atoms with Gasteiger partial charge in [0, 0.05) is 45.0 Å². The number of carbonyl (C=O) groups is 2. The average molecular weight is 597 g/mol. The minimum atomic E-state index is -3.50. The van der Waals surface area contributed by atoms with E-state index in [0.29, 0.717) is 25.1 Å². The maximum atomic E-state index is 13.9. The van der Waals surface area contributed by atoms with Crippen molar-refractivity contribution in [3.63, 3.8) is 0 Å². The smallest absolute Gasteiger partial charge is 0.247 e. The molecule has 2 heterocycles. The largest absolute Gasteiger partial charge is 0.350 e. The molecule has 1 aliphatic rings. The third-order valence-electron chi connectivity index (χ3n) is 7.63. The van der Waals surface area contributed by atoms with Gasteiger partial charge in [-0.05, 0) is 59.7 Å². The van der Waals surface area contributed by atoms with Crippen molar-refractivity contribution < 1.29 is 18.0 Å². The van der Waals surface area contributed by atoms with Gasteiger partial charge in [-0.3, -0.25) is 14.6 Å². The van der Waals surface area contributed by atoms with Gasteiger partial charge in [-0.1, -0.05) is 78.9 Å². The van der Waals surface area contributed by atoms with Gasteiger partial charge in [0.2, 0.25) is 21.8 Å². The van der Waals surface area contributed by atoms with E-state index in [1.54, 1.807) is 41.6 Å². The van der Waals surface area contributed by atoms with Gasteiger partial charge in [-0.15, -0.1) is 0 Å². The maximum absolute atomic E-state index is 13.9. The molecule has 1 aliphatic heterocycles. The van der Waals surface area contributed by atoms with Gasteiger partial charge >= 0.3 is 0 Å². The molecular formula is C34H36N4O4S. The number of carbonyl (C=O) groups excluding carboxylic acids is 2. The van der Waals surface area contributed by atoms with Gasteiger partial charge in [0.1, 0.15) is 6.04 Å². The summed E-state index contributed by atoms with van der Waals surface area (Å²) in [6.07, 6.45) is 5.71. The second kappa shape index (κ2) is 14.2. The first-order valence-corrected chi connectivity index (χ1v) is 16.0. The fourth-order valence-electron chi connectivity index (χ4n) is 5.30. The molecule has 1 fully saturated rings. The molecule has 5 rings (SSSR count). The standard InChI is InChI=1S/C34H36N4O4S/c39-32(20-17-27-15-18-31(19-16-27)43(41,42)37-22-7-8-23-37)38(26-28-10-3-1-4-11-28)33(30-13-5-2-6-14-30)34(40)36-25-29-12-9-21-35-24-29/h1-6,9-16,18-19,21,24,33H,7-8,17,20,22-23,25-26H2,(H,36,40)/t33-/m0/s1. The number of nitrogens with zero attached hydrogens (tertiary/aromatic N) is 3. The minimum absolute atomic E-state index is 0.157. The van der Waals surface area contributed by atoms with E-state index in [1.807, 2.05) is 72.8 Å². The van der Waals surface area contributed by atoms with Crippen LogP contribution in [-0.2, 0) is 39.1 Å². The summed E-state index contributed by atoms with van der Waals surface area (Å²) in [6.45, 7) is 1.64. The van der Waals surface area contributed by atoms with Crippen molar-refractivity contribution in [2.24, 2.45) is 0 Å². The lowest BCUT2D eigenvalue weighted by Crippen LogP contribution is -2.43. The van der Waals surface area contributed by atoms with Crippen LogP contribution in [0.2, 0.25) is 0 Å². The topological polar surface area (TPSA) is 99.7 Å². The summed E-state index contributed by atoms with van der Waals surface area (Å²) >= 11 is 0. The van der Waals surface area contributed by atoms with Crippen LogP contribution in [0.1, 0.15) is 47.6 Å². The number of nitrogens with one attached hydrogen (secondary N) is 1. The zero-order chi connectivity index (χ0) is 30.1. The Labute approximate surface area is 253 Å². The fourth-order valence-corrected chi connectivity index (χ4v) is 6.82. The Balaban J connectivity index is 1.36. The predicted molar refractivity (Wildman–Crippen MR) is 165 cm³/mol. The van der Waals surface area contributed by atoms with Crippen LogP contribution in [-0.4, -0.2) is 47.5 Å². The molecule has 0 unspecified atom stereocenters. The first kappa shape index (κ1) is 30.1. The van der Waals surface area contributed by atoms with Crippen LogP contribution in [0.25, 0.3) is 0 Å². The third kappa shape index (κ3) is 7.74. The van der Waals surface area contributed by atoms with Crippen LogP contribution in [0, 0.1) is 0 Å². The first-order chi connectivity index (χ1) is 20.9. The van der Waals surface area contributed by atoms with Crippen molar-refractivity contribution in [1.29, 1.82) is 0 Å². The van der Waals surface area contributed by atoms with Gasteiger partial charge in [0.05, 0.1) is 4.90 Å². The quantitative estimate of drug-likeness (QED) is 0.251. The summed E-state index contributed by atoms with van der Waals surface area (Å²) < 4.78 is 27.4. The van der Waals surface area contributed by atoms with Crippen molar-refractivity contribution in [2.75, 3.05) is 13.1 Å². The van der Waals surface area contributed by atoms with Crippen LogP contribution in [0.4, 0.5) is 0 Å². The van der Waals surface area contributed by atoms with Crippen LogP contribution in [0.5, 0.6) is 0 Å². The van der Waals surface area contributed by atoms with Crippen LogP contribution < -0.4 is 5.32 Å². The Morgan fingerprint density at radius 1 is 0.814 bits per heavy atom. The molecular weight excluding hydrogens is 560 g/mol. The van der Waals surface area contributed by atoms with E-state index >= 15 is 0 Å². The Morgan fingerprint density at radius 2 is 1.47 bits per heavy atom. The molecule has 0 bridgehead atoms. The molecule has 43 heavy (non-hydrogen) atoms. The molecule has 1 N–H and O–H groups in total. The maximum Gasteiger partial charge on any atom is 0.247 e. The van der Waals surface area contributed by atoms with Gasteiger partial charge in [-0.2, -0.15) is 4.31 Å². The number of hydrogen-bond donors (Lipinski definition) is 1. The van der Waals surface area contributed by atoms with Crippen molar-refractivity contribution >= 4 is 21.8 Å². The Kier molecular flexibility index (Phi) is 9.96. The number of pyridine rings is 1. The zero-order valence-electron chi connectivity index (χ0n) is 24.0. The van der Waals surface area contributed by atoms with Crippen LogP contribution in [0.3, 0.4) is 0 Å². The number of aromatic nitrogens is 1. The van der Waals surface area contributed by atoms with Crippen molar-refractivity contribution in [3.05, 3.63) is 132 Å². The highest BCUT2D eigenvalue weighted by Crippen LogP contribution is 2.26. The summed E-state index contributed by atoms with van der Waals surface area (Å²) in [7, 11) is -3.50. The van der Waals surface area contributed by atoms with Crippen molar-refractivity contribution in [1.82, 2.24) is 19.5 Å². The van der Waals surface area contributed by atoms with E-state index in [-0.39, 0.29) is 36.2 Å². The highest BCUT2D eigenvalue weighted by Gasteiger charge is 2.31. The number of sulfonamides is 1.